The van der Waals surface area contributed by atoms with Crippen LogP contribution in [0.3, 0.4) is 0 Å². The molecule has 1 unspecified atom stereocenters. The lowest BCUT2D eigenvalue weighted by Gasteiger charge is -2.28. The average molecular weight is 222 g/mol. The van der Waals surface area contributed by atoms with Crippen LogP contribution in [0.15, 0.2) is 11.4 Å². The van der Waals surface area contributed by atoms with Gasteiger partial charge in [0.05, 0.1) is 5.56 Å². The summed E-state index contributed by atoms with van der Waals surface area (Å²) in [6, 6.07) is 4.56. The van der Waals surface area contributed by atoms with Gasteiger partial charge in [-0.05, 0) is 18.4 Å². The molecule has 0 saturated carbocycles. The molecule has 0 aliphatic heterocycles. The highest BCUT2D eigenvalue weighted by Crippen LogP contribution is 2.20. The summed E-state index contributed by atoms with van der Waals surface area (Å²) in [4.78, 5) is 1.22. The summed E-state index contributed by atoms with van der Waals surface area (Å²) >= 11 is 1.64. The molecular formula is C12H18N2S. The van der Waals surface area contributed by atoms with Crippen LogP contribution in [-0.2, 0) is 6.54 Å². The van der Waals surface area contributed by atoms with Crippen LogP contribution >= 0.6 is 11.3 Å². The minimum Gasteiger partial charge on any atom is -0.309 e. The van der Waals surface area contributed by atoms with E-state index in [0.717, 1.165) is 12.1 Å². The molecule has 0 spiro atoms. The fraction of sp³-hybridized carbons (Fsp3) is 0.583. The maximum atomic E-state index is 8.69. The Morgan fingerprint density at radius 3 is 2.67 bits per heavy atom. The van der Waals surface area contributed by atoms with Crippen LogP contribution in [0.5, 0.6) is 0 Å². The van der Waals surface area contributed by atoms with Gasteiger partial charge in [-0.2, -0.15) is 5.26 Å². The van der Waals surface area contributed by atoms with Crippen molar-refractivity contribution in [3.05, 3.63) is 21.9 Å². The summed E-state index contributed by atoms with van der Waals surface area (Å²) in [5.74, 6) is 0. The summed E-state index contributed by atoms with van der Waals surface area (Å²) in [5, 5.41) is 14.1. The number of nitrogens with one attached hydrogen (secondary N) is 1. The van der Waals surface area contributed by atoms with E-state index in [1.807, 2.05) is 11.4 Å². The molecule has 1 aromatic heterocycles. The van der Waals surface area contributed by atoms with Crippen molar-refractivity contribution in [3.8, 4) is 6.07 Å². The van der Waals surface area contributed by atoms with E-state index in [9.17, 15) is 0 Å². The fourth-order valence-corrected chi connectivity index (χ4v) is 1.85. The number of hydrogen-bond donors (Lipinski definition) is 1. The minimum atomic E-state index is 0.273. The highest BCUT2D eigenvalue weighted by Gasteiger charge is 2.19. The molecule has 0 aliphatic rings. The molecule has 0 fully saturated rings. The van der Waals surface area contributed by atoms with Crippen molar-refractivity contribution in [1.82, 2.24) is 5.32 Å². The van der Waals surface area contributed by atoms with Crippen LogP contribution in [0.2, 0.25) is 0 Å². The van der Waals surface area contributed by atoms with Crippen molar-refractivity contribution in [2.45, 2.75) is 40.3 Å². The van der Waals surface area contributed by atoms with Crippen molar-refractivity contribution in [1.29, 1.82) is 5.26 Å². The lowest BCUT2D eigenvalue weighted by Crippen LogP contribution is -2.36. The third-order valence-electron chi connectivity index (χ3n) is 2.66. The minimum absolute atomic E-state index is 0.273. The summed E-state index contributed by atoms with van der Waals surface area (Å²) in [6.45, 7) is 9.71. The smallest absolute Gasteiger partial charge is 0.100 e. The lowest BCUT2D eigenvalue weighted by molar-refractivity contribution is 0.286. The predicted molar refractivity (Wildman–Crippen MR) is 64.8 cm³/mol. The summed E-state index contributed by atoms with van der Waals surface area (Å²) in [5.41, 5.74) is 1.04. The molecule has 0 saturated heterocycles. The van der Waals surface area contributed by atoms with Crippen LogP contribution in [-0.4, -0.2) is 6.04 Å². The van der Waals surface area contributed by atoms with E-state index in [1.165, 1.54) is 4.88 Å². The Morgan fingerprint density at radius 1 is 1.53 bits per heavy atom. The molecule has 1 N–H and O–H groups in total. The van der Waals surface area contributed by atoms with Crippen LogP contribution in [0, 0.1) is 16.7 Å². The van der Waals surface area contributed by atoms with E-state index in [4.69, 9.17) is 5.26 Å². The Balaban J connectivity index is 2.48. The van der Waals surface area contributed by atoms with Gasteiger partial charge >= 0.3 is 0 Å². The zero-order valence-corrected chi connectivity index (χ0v) is 10.6. The first kappa shape index (κ1) is 12.2. The Kier molecular flexibility index (Phi) is 3.90. The van der Waals surface area contributed by atoms with Gasteiger partial charge in [0.15, 0.2) is 0 Å². The normalized spacial score (nSPS) is 13.5. The Hall–Kier alpha value is -0.850. The average Bonchev–Trinajstić information content (AvgIpc) is 2.60. The molecule has 0 aromatic carbocycles. The highest BCUT2D eigenvalue weighted by molar-refractivity contribution is 7.10. The highest BCUT2D eigenvalue weighted by atomic mass is 32.1. The topological polar surface area (TPSA) is 35.8 Å². The van der Waals surface area contributed by atoms with Gasteiger partial charge < -0.3 is 5.32 Å². The van der Waals surface area contributed by atoms with Gasteiger partial charge in [0.2, 0.25) is 0 Å². The van der Waals surface area contributed by atoms with Crippen molar-refractivity contribution >= 4 is 11.3 Å². The quantitative estimate of drug-likeness (QED) is 0.852. The van der Waals surface area contributed by atoms with Crippen molar-refractivity contribution in [2.24, 2.45) is 5.41 Å². The third-order valence-corrected chi connectivity index (χ3v) is 3.60. The van der Waals surface area contributed by atoms with Gasteiger partial charge in [-0.3, -0.25) is 0 Å². The predicted octanol–water partition coefficient (Wildman–Crippen LogP) is 3.14. The molecule has 15 heavy (non-hydrogen) atoms. The Morgan fingerprint density at radius 2 is 2.20 bits per heavy atom. The van der Waals surface area contributed by atoms with Crippen molar-refractivity contribution < 1.29 is 0 Å². The molecule has 1 heterocycles. The molecule has 1 rings (SSSR count). The molecular weight excluding hydrogens is 204 g/mol. The van der Waals surface area contributed by atoms with Crippen LogP contribution in [0.1, 0.15) is 38.1 Å². The SMILES string of the molecule is CC(NCc1cc(C#N)cs1)C(C)(C)C. The molecule has 1 atom stereocenters. The first-order chi connectivity index (χ1) is 6.93. The van der Waals surface area contributed by atoms with Gasteiger partial charge in [0, 0.05) is 22.8 Å². The van der Waals surface area contributed by atoms with Crippen LogP contribution in [0.4, 0.5) is 0 Å². The molecule has 0 amide bonds. The second-order valence-corrected chi connectivity index (χ2v) is 5.88. The molecule has 0 bridgehead atoms. The number of nitriles is 1. The maximum absolute atomic E-state index is 8.69. The second kappa shape index (κ2) is 4.78. The van der Waals surface area contributed by atoms with E-state index < -0.39 is 0 Å². The summed E-state index contributed by atoms with van der Waals surface area (Å²) < 4.78 is 0. The largest absolute Gasteiger partial charge is 0.309 e. The van der Waals surface area contributed by atoms with Gasteiger partial charge in [0.25, 0.3) is 0 Å². The Bertz CT molecular complexity index is 354. The first-order valence-corrected chi connectivity index (χ1v) is 6.02. The van der Waals surface area contributed by atoms with E-state index >= 15 is 0 Å². The molecule has 1 aromatic rings. The molecule has 0 aliphatic carbocycles. The van der Waals surface area contributed by atoms with E-state index in [1.54, 1.807) is 11.3 Å². The molecule has 0 radical (unpaired) electrons. The zero-order valence-electron chi connectivity index (χ0n) is 9.79. The monoisotopic (exact) mass is 222 g/mol. The molecule has 82 valence electrons. The third kappa shape index (κ3) is 3.65. The van der Waals surface area contributed by atoms with E-state index in [2.05, 4.69) is 39.1 Å². The number of rotatable bonds is 3. The van der Waals surface area contributed by atoms with E-state index in [-0.39, 0.29) is 5.41 Å². The lowest BCUT2D eigenvalue weighted by atomic mass is 9.88. The van der Waals surface area contributed by atoms with Gasteiger partial charge in [-0.25, -0.2) is 0 Å². The van der Waals surface area contributed by atoms with Crippen molar-refractivity contribution in [3.63, 3.8) is 0 Å². The first-order valence-electron chi connectivity index (χ1n) is 5.14. The molecule has 2 nitrogen and oxygen atoms in total. The zero-order chi connectivity index (χ0) is 11.5. The fourth-order valence-electron chi connectivity index (χ4n) is 1.09. The second-order valence-electron chi connectivity index (χ2n) is 4.88. The van der Waals surface area contributed by atoms with Crippen molar-refractivity contribution in [2.75, 3.05) is 0 Å². The van der Waals surface area contributed by atoms with Gasteiger partial charge in [-0.15, -0.1) is 11.3 Å². The summed E-state index contributed by atoms with van der Waals surface area (Å²) in [7, 11) is 0. The number of nitrogens with zero attached hydrogens (tertiary/aromatic N) is 1. The van der Waals surface area contributed by atoms with Crippen LogP contribution < -0.4 is 5.32 Å². The van der Waals surface area contributed by atoms with E-state index in [0.29, 0.717) is 6.04 Å². The number of hydrogen-bond acceptors (Lipinski definition) is 3. The van der Waals surface area contributed by atoms with Crippen LogP contribution in [0.25, 0.3) is 0 Å². The molecule has 3 heteroatoms. The maximum Gasteiger partial charge on any atom is 0.100 e. The standard InChI is InChI=1S/C12H18N2S/c1-9(12(2,3)4)14-7-11-5-10(6-13)8-15-11/h5,8-9,14H,7H2,1-4H3. The van der Waals surface area contributed by atoms with Gasteiger partial charge in [-0.1, -0.05) is 20.8 Å². The summed E-state index contributed by atoms with van der Waals surface area (Å²) in [6.07, 6.45) is 0. The number of thiophene rings is 1. The Labute approximate surface area is 95.9 Å². The van der Waals surface area contributed by atoms with Gasteiger partial charge in [0.1, 0.15) is 6.07 Å².